The molecule has 0 radical (unpaired) electrons. The van der Waals surface area contributed by atoms with Crippen molar-refractivity contribution in [1.82, 2.24) is 9.80 Å². The van der Waals surface area contributed by atoms with E-state index in [-0.39, 0.29) is 11.9 Å². The summed E-state index contributed by atoms with van der Waals surface area (Å²) in [4.78, 5) is 28.0. The van der Waals surface area contributed by atoms with Gasteiger partial charge in [0.1, 0.15) is 0 Å². The summed E-state index contributed by atoms with van der Waals surface area (Å²) in [6.45, 7) is 10.4. The maximum absolute atomic E-state index is 11.7. The van der Waals surface area contributed by atoms with Gasteiger partial charge in [0.2, 0.25) is 0 Å². The van der Waals surface area contributed by atoms with Gasteiger partial charge in [-0.05, 0) is 38.8 Å². The van der Waals surface area contributed by atoms with E-state index in [0.29, 0.717) is 39.1 Å². The first-order valence-electron chi connectivity index (χ1n) is 9.41. The molecule has 1 fully saturated rings. The van der Waals surface area contributed by atoms with Crippen LogP contribution in [0.15, 0.2) is 0 Å². The number of likely N-dealkylation sites (tertiary alicyclic amines) is 1. The van der Waals surface area contributed by atoms with Gasteiger partial charge in [-0.2, -0.15) is 0 Å². The monoisotopic (exact) mass is 342 g/mol. The smallest absolute Gasteiger partial charge is 0.307 e. The van der Waals surface area contributed by atoms with Gasteiger partial charge in [0, 0.05) is 26.2 Å². The Hall–Kier alpha value is -1.14. The molecule has 1 saturated heterocycles. The van der Waals surface area contributed by atoms with E-state index in [0.717, 1.165) is 39.0 Å². The highest BCUT2D eigenvalue weighted by atomic mass is 16.5. The lowest BCUT2D eigenvalue weighted by atomic mass is 10.3. The van der Waals surface area contributed by atoms with Crippen molar-refractivity contribution in [3.63, 3.8) is 0 Å². The molecule has 0 saturated carbocycles. The predicted octanol–water partition coefficient (Wildman–Crippen LogP) is 2.07. The second-order valence-electron chi connectivity index (χ2n) is 6.33. The molecule has 0 atom stereocenters. The average molecular weight is 342 g/mol. The molecule has 0 aromatic carbocycles. The largest absolute Gasteiger partial charge is 0.466 e. The summed E-state index contributed by atoms with van der Waals surface area (Å²) in [5.74, 6) is -0.312. The van der Waals surface area contributed by atoms with Crippen LogP contribution in [0.1, 0.15) is 52.4 Å². The van der Waals surface area contributed by atoms with Crippen LogP contribution in [0.5, 0.6) is 0 Å². The molecule has 0 aliphatic carbocycles. The van der Waals surface area contributed by atoms with E-state index in [1.54, 1.807) is 0 Å². The maximum Gasteiger partial charge on any atom is 0.307 e. The molecule has 1 heterocycles. The SMILES string of the molecule is CCCOC(=O)CCN(CCC(=O)OCCC)CCN1CCCC1. The van der Waals surface area contributed by atoms with Crippen molar-refractivity contribution in [3.05, 3.63) is 0 Å². The average Bonchev–Trinajstić information content (AvgIpc) is 3.10. The standard InChI is InChI=1S/C18H34N2O4/c1-3-15-23-17(21)7-11-20(12-8-18(22)24-16-4-2)14-13-19-9-5-6-10-19/h3-16H2,1-2H3. The van der Waals surface area contributed by atoms with E-state index in [2.05, 4.69) is 9.80 Å². The van der Waals surface area contributed by atoms with Gasteiger partial charge in [0.05, 0.1) is 26.1 Å². The van der Waals surface area contributed by atoms with Gasteiger partial charge in [0.25, 0.3) is 0 Å². The molecule has 0 aromatic rings. The second-order valence-corrected chi connectivity index (χ2v) is 6.33. The highest BCUT2D eigenvalue weighted by Crippen LogP contribution is 2.07. The van der Waals surface area contributed by atoms with Crippen molar-refractivity contribution in [2.45, 2.75) is 52.4 Å². The van der Waals surface area contributed by atoms with Gasteiger partial charge >= 0.3 is 11.9 Å². The molecule has 24 heavy (non-hydrogen) atoms. The number of ether oxygens (including phenoxy) is 2. The molecule has 1 aliphatic rings. The molecular formula is C18H34N2O4. The van der Waals surface area contributed by atoms with E-state index in [1.807, 2.05) is 13.8 Å². The van der Waals surface area contributed by atoms with E-state index < -0.39 is 0 Å². The molecule has 1 rings (SSSR count). The van der Waals surface area contributed by atoms with Crippen molar-refractivity contribution in [2.24, 2.45) is 0 Å². The lowest BCUT2D eigenvalue weighted by Gasteiger charge is -2.24. The first kappa shape index (κ1) is 20.9. The van der Waals surface area contributed by atoms with Crippen molar-refractivity contribution in [3.8, 4) is 0 Å². The van der Waals surface area contributed by atoms with E-state index >= 15 is 0 Å². The summed E-state index contributed by atoms with van der Waals surface area (Å²) in [5, 5.41) is 0. The number of rotatable bonds is 13. The van der Waals surface area contributed by atoms with Crippen LogP contribution in [0.4, 0.5) is 0 Å². The minimum Gasteiger partial charge on any atom is -0.466 e. The Bertz CT molecular complexity index is 333. The second kappa shape index (κ2) is 13.2. The Labute approximate surface area is 146 Å². The minimum absolute atomic E-state index is 0.156. The van der Waals surface area contributed by atoms with Crippen LogP contribution in [0, 0.1) is 0 Å². The topological polar surface area (TPSA) is 59.1 Å². The van der Waals surface area contributed by atoms with Crippen LogP contribution in [0.2, 0.25) is 0 Å². The highest BCUT2D eigenvalue weighted by Gasteiger charge is 2.15. The number of hydrogen-bond acceptors (Lipinski definition) is 6. The summed E-state index contributed by atoms with van der Waals surface area (Å²) < 4.78 is 10.3. The number of carbonyl (C=O) groups excluding carboxylic acids is 2. The minimum atomic E-state index is -0.156. The van der Waals surface area contributed by atoms with Crippen LogP contribution >= 0.6 is 0 Å². The molecule has 0 unspecified atom stereocenters. The number of carbonyl (C=O) groups is 2. The highest BCUT2D eigenvalue weighted by molar-refractivity contribution is 5.70. The Morgan fingerprint density at radius 3 is 1.83 bits per heavy atom. The summed E-state index contributed by atoms with van der Waals surface area (Å²) in [6, 6.07) is 0. The fourth-order valence-electron chi connectivity index (χ4n) is 2.70. The molecule has 0 bridgehead atoms. The third kappa shape index (κ3) is 9.88. The zero-order valence-corrected chi connectivity index (χ0v) is 15.4. The van der Waals surface area contributed by atoms with Crippen molar-refractivity contribution < 1.29 is 19.1 Å². The molecule has 1 aliphatic heterocycles. The molecule has 6 nitrogen and oxygen atoms in total. The van der Waals surface area contributed by atoms with E-state index in [4.69, 9.17) is 9.47 Å². The fraction of sp³-hybridized carbons (Fsp3) is 0.889. The molecule has 0 N–H and O–H groups in total. The molecule has 140 valence electrons. The van der Waals surface area contributed by atoms with Crippen molar-refractivity contribution in [2.75, 3.05) is 52.5 Å². The lowest BCUT2D eigenvalue weighted by Crippen LogP contribution is -2.36. The Morgan fingerprint density at radius 1 is 0.875 bits per heavy atom. The van der Waals surface area contributed by atoms with Crippen LogP contribution in [-0.4, -0.2) is 74.2 Å². The summed E-state index contributed by atoms with van der Waals surface area (Å²) in [6.07, 6.45) is 4.98. The third-order valence-corrected chi connectivity index (χ3v) is 4.13. The molecule has 0 aromatic heterocycles. The molecule has 0 spiro atoms. The summed E-state index contributed by atoms with van der Waals surface area (Å²) >= 11 is 0. The maximum atomic E-state index is 11.7. The van der Waals surface area contributed by atoms with Gasteiger partial charge < -0.3 is 19.3 Å². The Morgan fingerprint density at radius 2 is 1.38 bits per heavy atom. The Balaban J connectivity index is 2.33. The molecule has 6 heteroatoms. The molecule has 0 amide bonds. The fourth-order valence-corrected chi connectivity index (χ4v) is 2.70. The summed E-state index contributed by atoms with van der Waals surface area (Å²) in [7, 11) is 0. The quantitative estimate of drug-likeness (QED) is 0.478. The van der Waals surface area contributed by atoms with Gasteiger partial charge in [0.15, 0.2) is 0 Å². The van der Waals surface area contributed by atoms with Crippen LogP contribution in [0.3, 0.4) is 0 Å². The predicted molar refractivity (Wildman–Crippen MR) is 93.8 cm³/mol. The van der Waals surface area contributed by atoms with Gasteiger partial charge in [-0.25, -0.2) is 0 Å². The zero-order chi connectivity index (χ0) is 17.6. The third-order valence-electron chi connectivity index (χ3n) is 4.13. The van der Waals surface area contributed by atoms with Crippen LogP contribution in [-0.2, 0) is 19.1 Å². The molecular weight excluding hydrogens is 308 g/mol. The van der Waals surface area contributed by atoms with Gasteiger partial charge in [-0.1, -0.05) is 13.8 Å². The number of hydrogen-bond donors (Lipinski definition) is 0. The van der Waals surface area contributed by atoms with Gasteiger partial charge in [-0.15, -0.1) is 0 Å². The summed E-state index contributed by atoms with van der Waals surface area (Å²) in [5.41, 5.74) is 0. The van der Waals surface area contributed by atoms with E-state index in [1.165, 1.54) is 12.8 Å². The number of nitrogens with zero attached hydrogens (tertiary/aromatic N) is 2. The van der Waals surface area contributed by atoms with Crippen LogP contribution in [0.25, 0.3) is 0 Å². The van der Waals surface area contributed by atoms with Gasteiger partial charge in [-0.3, -0.25) is 9.59 Å². The first-order valence-corrected chi connectivity index (χ1v) is 9.41. The first-order chi connectivity index (χ1) is 11.7. The Kier molecular flexibility index (Phi) is 11.5. The van der Waals surface area contributed by atoms with Crippen LogP contribution < -0.4 is 0 Å². The van der Waals surface area contributed by atoms with E-state index in [9.17, 15) is 9.59 Å². The number of esters is 2. The van der Waals surface area contributed by atoms with Crippen molar-refractivity contribution in [1.29, 1.82) is 0 Å². The lowest BCUT2D eigenvalue weighted by molar-refractivity contribution is -0.144. The van der Waals surface area contributed by atoms with Crippen molar-refractivity contribution >= 4 is 11.9 Å². The normalized spacial score (nSPS) is 15.0. The zero-order valence-electron chi connectivity index (χ0n) is 15.4.